The first kappa shape index (κ1) is 17.1. The first-order chi connectivity index (χ1) is 13.0. The maximum atomic E-state index is 13.0. The molecule has 0 amide bonds. The molecule has 0 saturated heterocycles. The summed E-state index contributed by atoms with van der Waals surface area (Å²) in [6.45, 7) is 2.12. The van der Waals surface area contributed by atoms with Crippen molar-refractivity contribution >= 4 is 27.2 Å². The van der Waals surface area contributed by atoms with Gasteiger partial charge in [0.05, 0.1) is 16.9 Å². The van der Waals surface area contributed by atoms with Crippen LogP contribution < -0.4 is 5.56 Å². The fraction of sp³-hybridized carbons (Fsp3) is 0.100. The Bertz CT molecular complexity index is 1200. The van der Waals surface area contributed by atoms with Gasteiger partial charge in [0.2, 0.25) is 0 Å². The van der Waals surface area contributed by atoms with E-state index in [1.807, 2.05) is 36.4 Å². The number of benzene rings is 2. The summed E-state index contributed by atoms with van der Waals surface area (Å²) in [6, 6.07) is 18.0. The van der Waals surface area contributed by atoms with Gasteiger partial charge in [0.15, 0.2) is 0 Å². The highest BCUT2D eigenvalue weighted by Gasteiger charge is 2.13. The van der Waals surface area contributed by atoms with Crippen molar-refractivity contribution in [3.05, 3.63) is 92.5 Å². The van der Waals surface area contributed by atoms with Crippen LogP contribution in [-0.2, 0) is 6.54 Å². The van der Waals surface area contributed by atoms with Crippen LogP contribution in [-0.4, -0.2) is 14.5 Å². The number of non-ortho nitro benzene ring substituents is 1. The average Bonchev–Trinajstić information content (AvgIpc) is 3.10. The Hall–Kier alpha value is -3.32. The molecule has 2 heterocycles. The van der Waals surface area contributed by atoms with E-state index in [1.165, 1.54) is 23.5 Å². The van der Waals surface area contributed by atoms with Crippen molar-refractivity contribution in [2.75, 3.05) is 0 Å². The molecule has 0 fully saturated rings. The third kappa shape index (κ3) is 3.24. The van der Waals surface area contributed by atoms with Crippen LogP contribution in [0.4, 0.5) is 5.69 Å². The van der Waals surface area contributed by atoms with Gasteiger partial charge in [-0.25, -0.2) is 4.98 Å². The molecule has 2 aromatic carbocycles. The van der Waals surface area contributed by atoms with Crippen LogP contribution in [0.2, 0.25) is 0 Å². The zero-order valence-corrected chi connectivity index (χ0v) is 15.3. The second kappa shape index (κ2) is 6.77. The van der Waals surface area contributed by atoms with Crippen molar-refractivity contribution in [1.29, 1.82) is 0 Å². The molecule has 4 aromatic rings. The molecule has 0 radical (unpaired) electrons. The third-order valence-electron chi connectivity index (χ3n) is 4.39. The molecule has 0 unspecified atom stereocenters. The lowest BCUT2D eigenvalue weighted by atomic mass is 10.2. The van der Waals surface area contributed by atoms with Crippen molar-refractivity contribution in [3.63, 3.8) is 0 Å². The summed E-state index contributed by atoms with van der Waals surface area (Å²) in [5, 5.41) is 11.4. The van der Waals surface area contributed by atoms with Crippen molar-refractivity contribution in [1.82, 2.24) is 9.55 Å². The number of rotatable bonds is 4. The number of fused-ring (bicyclic) bond motifs is 1. The number of aryl methyl sites for hydroxylation is 1. The zero-order chi connectivity index (χ0) is 19.0. The molecule has 0 bridgehead atoms. The summed E-state index contributed by atoms with van der Waals surface area (Å²) in [4.78, 5) is 29.7. The van der Waals surface area contributed by atoms with E-state index >= 15 is 0 Å². The van der Waals surface area contributed by atoms with Gasteiger partial charge in [0.1, 0.15) is 10.7 Å². The van der Waals surface area contributed by atoms with Crippen LogP contribution in [0.1, 0.15) is 11.4 Å². The number of thiophene rings is 1. The second-order valence-electron chi connectivity index (χ2n) is 6.17. The van der Waals surface area contributed by atoms with E-state index < -0.39 is 4.92 Å². The highest BCUT2D eigenvalue weighted by Crippen LogP contribution is 2.31. The molecule has 4 rings (SSSR count). The summed E-state index contributed by atoms with van der Waals surface area (Å²) in [7, 11) is 0. The normalized spacial score (nSPS) is 11.0. The monoisotopic (exact) mass is 377 g/mol. The van der Waals surface area contributed by atoms with Crippen LogP contribution >= 0.6 is 11.3 Å². The van der Waals surface area contributed by atoms with Crippen molar-refractivity contribution in [2.24, 2.45) is 0 Å². The van der Waals surface area contributed by atoms with E-state index in [0.29, 0.717) is 17.8 Å². The highest BCUT2D eigenvalue weighted by molar-refractivity contribution is 7.21. The fourth-order valence-electron chi connectivity index (χ4n) is 2.95. The second-order valence-corrected chi connectivity index (χ2v) is 7.20. The molecule has 0 spiro atoms. The van der Waals surface area contributed by atoms with Crippen LogP contribution in [0.3, 0.4) is 0 Å². The van der Waals surface area contributed by atoms with Crippen LogP contribution in [0.15, 0.2) is 65.5 Å². The molecule has 0 N–H and O–H groups in total. The Balaban J connectivity index is 1.75. The van der Waals surface area contributed by atoms with E-state index in [-0.39, 0.29) is 11.2 Å². The van der Waals surface area contributed by atoms with Crippen molar-refractivity contribution < 1.29 is 4.92 Å². The lowest BCUT2D eigenvalue weighted by Gasteiger charge is -2.09. The summed E-state index contributed by atoms with van der Waals surface area (Å²) in [5.41, 5.74) is 1.79. The summed E-state index contributed by atoms with van der Waals surface area (Å²) < 4.78 is 1.60. The predicted octanol–water partition coefficient (Wildman–Crippen LogP) is 4.39. The van der Waals surface area contributed by atoms with Gasteiger partial charge < -0.3 is 0 Å². The summed E-state index contributed by atoms with van der Waals surface area (Å²) in [6.07, 6.45) is 0. The molecule has 0 saturated carbocycles. The minimum absolute atomic E-state index is 0.0294. The van der Waals surface area contributed by atoms with Gasteiger partial charge in [-0.3, -0.25) is 19.5 Å². The molecule has 0 atom stereocenters. The molecule has 27 heavy (non-hydrogen) atoms. The first-order valence-electron chi connectivity index (χ1n) is 8.32. The Morgan fingerprint density at radius 1 is 1.11 bits per heavy atom. The number of nitro groups is 1. The number of hydrogen-bond donors (Lipinski definition) is 0. The molecular weight excluding hydrogens is 362 g/mol. The minimum atomic E-state index is -0.439. The Kier molecular flexibility index (Phi) is 4.29. The molecular formula is C20H15N3O3S. The molecule has 2 aromatic heterocycles. The van der Waals surface area contributed by atoms with E-state index in [1.54, 1.807) is 23.6 Å². The van der Waals surface area contributed by atoms with E-state index in [2.05, 4.69) is 4.98 Å². The molecule has 7 heteroatoms. The molecule has 6 nitrogen and oxygen atoms in total. The first-order valence-corrected chi connectivity index (χ1v) is 9.14. The van der Waals surface area contributed by atoms with Gasteiger partial charge in [0, 0.05) is 17.0 Å². The summed E-state index contributed by atoms with van der Waals surface area (Å²) >= 11 is 1.50. The van der Waals surface area contributed by atoms with Crippen LogP contribution in [0.25, 0.3) is 20.7 Å². The summed E-state index contributed by atoms with van der Waals surface area (Å²) in [5.74, 6) is 0.618. The van der Waals surface area contributed by atoms with Crippen molar-refractivity contribution in [3.8, 4) is 10.4 Å². The van der Waals surface area contributed by atoms with Crippen LogP contribution in [0, 0.1) is 17.0 Å². The molecule has 0 aliphatic heterocycles. The lowest BCUT2D eigenvalue weighted by Crippen LogP contribution is -2.23. The van der Waals surface area contributed by atoms with Gasteiger partial charge in [-0.05, 0) is 24.1 Å². The maximum Gasteiger partial charge on any atom is 0.269 e. The smallest absolute Gasteiger partial charge is 0.269 e. The molecule has 0 aliphatic carbocycles. The van der Waals surface area contributed by atoms with Crippen LogP contribution in [0.5, 0.6) is 0 Å². The zero-order valence-electron chi connectivity index (χ0n) is 14.5. The van der Waals surface area contributed by atoms with E-state index in [9.17, 15) is 14.9 Å². The highest BCUT2D eigenvalue weighted by atomic mass is 32.1. The Morgan fingerprint density at radius 2 is 1.81 bits per heavy atom. The topological polar surface area (TPSA) is 78.0 Å². The SMILES string of the molecule is Cc1nc2sc(-c3ccccc3)cc2c(=O)n1Cc1ccc([N+](=O)[O-])cc1. The van der Waals surface area contributed by atoms with Gasteiger partial charge >= 0.3 is 0 Å². The number of nitrogens with zero attached hydrogens (tertiary/aromatic N) is 3. The number of hydrogen-bond acceptors (Lipinski definition) is 5. The number of nitro benzene ring substituents is 1. The molecule has 0 aliphatic rings. The minimum Gasteiger partial charge on any atom is -0.292 e. The van der Waals surface area contributed by atoms with Gasteiger partial charge in [0.25, 0.3) is 11.2 Å². The quantitative estimate of drug-likeness (QED) is 0.390. The maximum absolute atomic E-state index is 13.0. The average molecular weight is 377 g/mol. The Morgan fingerprint density at radius 3 is 2.48 bits per heavy atom. The van der Waals surface area contributed by atoms with Crippen molar-refractivity contribution in [2.45, 2.75) is 13.5 Å². The third-order valence-corrected chi connectivity index (χ3v) is 5.47. The lowest BCUT2D eigenvalue weighted by molar-refractivity contribution is -0.384. The standard InChI is InChI=1S/C20H15N3O3S/c1-13-21-19-17(11-18(27-19)15-5-3-2-4-6-15)20(24)22(13)12-14-7-9-16(10-8-14)23(25)26/h2-11H,12H2,1H3. The van der Waals surface area contributed by atoms with Gasteiger partial charge in [-0.15, -0.1) is 11.3 Å². The van der Waals surface area contributed by atoms with E-state index in [4.69, 9.17) is 0 Å². The predicted molar refractivity (Wildman–Crippen MR) is 106 cm³/mol. The largest absolute Gasteiger partial charge is 0.292 e. The van der Waals surface area contributed by atoms with E-state index in [0.717, 1.165) is 20.8 Å². The fourth-order valence-corrected chi connectivity index (χ4v) is 4.03. The number of aromatic nitrogens is 2. The molecule has 134 valence electrons. The van der Waals surface area contributed by atoms with Gasteiger partial charge in [-0.1, -0.05) is 42.5 Å². The van der Waals surface area contributed by atoms with Gasteiger partial charge in [-0.2, -0.15) is 0 Å². The Labute approximate surface area is 158 Å².